The first-order valence-electron chi connectivity index (χ1n) is 7.63. The van der Waals surface area contributed by atoms with E-state index in [0.29, 0.717) is 6.54 Å². The molecule has 0 aromatic carbocycles. The summed E-state index contributed by atoms with van der Waals surface area (Å²) in [7, 11) is 3.63. The van der Waals surface area contributed by atoms with Gasteiger partial charge >= 0.3 is 0 Å². The van der Waals surface area contributed by atoms with Crippen molar-refractivity contribution in [2.45, 2.75) is 39.2 Å². The fourth-order valence-corrected chi connectivity index (χ4v) is 3.52. The maximum absolute atomic E-state index is 6.07. The summed E-state index contributed by atoms with van der Waals surface area (Å²) in [6.07, 6.45) is 3.87. The largest absolute Gasteiger partial charge is 0.481 e. The van der Waals surface area contributed by atoms with E-state index in [1.54, 1.807) is 7.11 Å². The molecular weight excluding hydrogens is 252 g/mol. The lowest BCUT2D eigenvalue weighted by Gasteiger charge is -2.27. The molecule has 0 aliphatic carbocycles. The van der Waals surface area contributed by atoms with Gasteiger partial charge in [-0.05, 0) is 32.2 Å². The minimum Gasteiger partial charge on any atom is -0.481 e. The fourth-order valence-electron chi connectivity index (χ4n) is 3.52. The molecule has 1 fully saturated rings. The second-order valence-electron chi connectivity index (χ2n) is 5.82. The number of hydrogen-bond acceptors (Lipinski definition) is 4. The molecule has 2 unspecified atom stereocenters. The Balaban J connectivity index is 2.21. The molecule has 20 heavy (non-hydrogen) atoms. The van der Waals surface area contributed by atoms with Gasteiger partial charge in [0, 0.05) is 20.1 Å². The lowest BCUT2D eigenvalue weighted by molar-refractivity contribution is 0.232. The van der Waals surface area contributed by atoms with Gasteiger partial charge in [0.1, 0.15) is 0 Å². The van der Waals surface area contributed by atoms with Gasteiger partial charge in [0.15, 0.2) is 0 Å². The summed E-state index contributed by atoms with van der Waals surface area (Å²) >= 11 is 0. The van der Waals surface area contributed by atoms with E-state index >= 15 is 0 Å². The Kier molecular flexibility index (Phi) is 5.05. The Morgan fingerprint density at radius 1 is 1.50 bits per heavy atom. The summed E-state index contributed by atoms with van der Waals surface area (Å²) in [5.74, 6) is 1.66. The average molecular weight is 280 g/mol. The molecule has 0 radical (unpaired) electrons. The van der Waals surface area contributed by atoms with Gasteiger partial charge < -0.3 is 10.5 Å². The van der Waals surface area contributed by atoms with Gasteiger partial charge in [-0.3, -0.25) is 4.90 Å². The van der Waals surface area contributed by atoms with E-state index in [1.807, 2.05) is 18.7 Å². The second kappa shape index (κ2) is 6.59. The molecule has 1 aliphatic heterocycles. The van der Waals surface area contributed by atoms with Gasteiger partial charge in [0.2, 0.25) is 5.88 Å². The Bertz CT molecular complexity index is 443. The van der Waals surface area contributed by atoms with E-state index < -0.39 is 0 Å². The molecule has 1 saturated heterocycles. The number of methoxy groups -OCH3 is 1. The number of rotatable bonds is 6. The number of nitrogens with two attached hydrogens (primary N) is 1. The van der Waals surface area contributed by atoms with Crippen molar-refractivity contribution in [2.75, 3.05) is 26.7 Å². The van der Waals surface area contributed by atoms with E-state index in [4.69, 9.17) is 10.5 Å². The molecule has 2 heterocycles. The number of hydrogen-bond donors (Lipinski definition) is 1. The molecule has 1 aliphatic rings. The molecule has 0 spiro atoms. The van der Waals surface area contributed by atoms with Crippen LogP contribution in [0.5, 0.6) is 5.88 Å². The van der Waals surface area contributed by atoms with Crippen molar-refractivity contribution in [2.24, 2.45) is 18.7 Å². The van der Waals surface area contributed by atoms with E-state index in [0.717, 1.165) is 36.1 Å². The lowest BCUT2D eigenvalue weighted by Crippen LogP contribution is -2.32. The molecule has 1 aromatic heterocycles. The topological polar surface area (TPSA) is 56.3 Å². The first kappa shape index (κ1) is 15.3. The maximum Gasteiger partial charge on any atom is 0.216 e. The molecule has 2 atom stereocenters. The van der Waals surface area contributed by atoms with Gasteiger partial charge in [0.25, 0.3) is 0 Å². The zero-order valence-electron chi connectivity index (χ0n) is 13.2. The highest BCUT2D eigenvalue weighted by Gasteiger charge is 2.32. The van der Waals surface area contributed by atoms with E-state index in [1.165, 1.54) is 19.3 Å². The Morgan fingerprint density at radius 2 is 2.25 bits per heavy atom. The smallest absolute Gasteiger partial charge is 0.216 e. The monoisotopic (exact) mass is 280 g/mol. The van der Waals surface area contributed by atoms with Gasteiger partial charge in [-0.15, -0.1) is 0 Å². The number of likely N-dealkylation sites (tertiary alicyclic amines) is 1. The van der Waals surface area contributed by atoms with Crippen molar-refractivity contribution in [1.29, 1.82) is 0 Å². The maximum atomic E-state index is 6.07. The summed E-state index contributed by atoms with van der Waals surface area (Å²) < 4.78 is 7.34. The quantitative estimate of drug-likeness (QED) is 0.864. The number of ether oxygens (including phenoxy) is 1. The van der Waals surface area contributed by atoms with Crippen LogP contribution in [0.15, 0.2) is 0 Å². The van der Waals surface area contributed by atoms with E-state index in [9.17, 15) is 0 Å². The van der Waals surface area contributed by atoms with Crippen LogP contribution in [0.2, 0.25) is 0 Å². The van der Waals surface area contributed by atoms with Crippen molar-refractivity contribution in [3.63, 3.8) is 0 Å². The minimum absolute atomic E-state index is 0.223. The van der Waals surface area contributed by atoms with E-state index in [-0.39, 0.29) is 6.04 Å². The van der Waals surface area contributed by atoms with Crippen molar-refractivity contribution in [1.82, 2.24) is 14.7 Å². The third kappa shape index (κ3) is 2.83. The Morgan fingerprint density at radius 3 is 2.85 bits per heavy atom. The Hall–Kier alpha value is -1.07. The minimum atomic E-state index is 0.223. The zero-order chi connectivity index (χ0) is 14.7. The lowest BCUT2D eigenvalue weighted by atomic mass is 10.0. The van der Waals surface area contributed by atoms with Crippen molar-refractivity contribution in [3.05, 3.63) is 11.3 Å². The predicted octanol–water partition coefficient (Wildman–Crippen LogP) is 1.86. The van der Waals surface area contributed by atoms with Crippen molar-refractivity contribution >= 4 is 0 Å². The molecule has 2 rings (SSSR count). The van der Waals surface area contributed by atoms with Gasteiger partial charge in [0.05, 0.1) is 24.4 Å². The van der Waals surface area contributed by atoms with Crippen LogP contribution in [0, 0.1) is 12.8 Å². The van der Waals surface area contributed by atoms with Gasteiger partial charge in [-0.2, -0.15) is 5.10 Å². The molecule has 1 aromatic rings. The van der Waals surface area contributed by atoms with Crippen LogP contribution in [0.4, 0.5) is 0 Å². The van der Waals surface area contributed by atoms with Crippen LogP contribution in [0.3, 0.4) is 0 Å². The molecule has 0 amide bonds. The highest BCUT2D eigenvalue weighted by molar-refractivity contribution is 5.34. The fraction of sp³-hybridized carbons (Fsp3) is 0.800. The average Bonchev–Trinajstić information content (AvgIpc) is 2.97. The number of nitrogens with zero attached hydrogens (tertiary/aromatic N) is 3. The van der Waals surface area contributed by atoms with Crippen LogP contribution >= 0.6 is 0 Å². The predicted molar refractivity (Wildman–Crippen MR) is 80.9 cm³/mol. The van der Waals surface area contributed by atoms with Crippen LogP contribution in [0.1, 0.15) is 43.5 Å². The van der Waals surface area contributed by atoms with Crippen LogP contribution in [0.25, 0.3) is 0 Å². The van der Waals surface area contributed by atoms with Gasteiger partial charge in [-0.25, -0.2) is 4.68 Å². The highest BCUT2D eigenvalue weighted by atomic mass is 16.5. The number of aryl methyl sites for hydroxylation is 2. The summed E-state index contributed by atoms with van der Waals surface area (Å²) in [6.45, 7) is 7.19. The molecular formula is C15H28N4O. The summed E-state index contributed by atoms with van der Waals surface area (Å²) in [5.41, 5.74) is 8.26. The summed E-state index contributed by atoms with van der Waals surface area (Å²) in [4.78, 5) is 2.51. The molecule has 2 N–H and O–H groups in total. The third-order valence-corrected chi connectivity index (χ3v) is 4.42. The molecule has 5 nitrogen and oxygen atoms in total. The van der Waals surface area contributed by atoms with Crippen molar-refractivity contribution in [3.8, 4) is 5.88 Å². The zero-order valence-corrected chi connectivity index (χ0v) is 13.2. The van der Waals surface area contributed by atoms with Crippen LogP contribution < -0.4 is 10.5 Å². The third-order valence-electron chi connectivity index (χ3n) is 4.42. The van der Waals surface area contributed by atoms with E-state index in [2.05, 4.69) is 16.9 Å². The Labute approximate surface area is 122 Å². The molecule has 0 bridgehead atoms. The SMILES string of the molecule is CCCC1CCN(C(CN)c2c(C)nn(C)c2OC)C1. The first-order chi connectivity index (χ1) is 9.62. The van der Waals surface area contributed by atoms with Crippen LogP contribution in [-0.2, 0) is 7.05 Å². The summed E-state index contributed by atoms with van der Waals surface area (Å²) in [6, 6.07) is 0.223. The highest BCUT2D eigenvalue weighted by Crippen LogP contribution is 2.35. The molecule has 0 saturated carbocycles. The second-order valence-corrected chi connectivity index (χ2v) is 5.82. The van der Waals surface area contributed by atoms with Crippen molar-refractivity contribution < 1.29 is 4.74 Å². The first-order valence-corrected chi connectivity index (χ1v) is 7.63. The normalized spacial score (nSPS) is 21.4. The molecule has 5 heteroatoms. The summed E-state index contributed by atoms with van der Waals surface area (Å²) in [5, 5.41) is 4.49. The van der Waals surface area contributed by atoms with Gasteiger partial charge in [-0.1, -0.05) is 13.3 Å². The van der Waals surface area contributed by atoms with Crippen LogP contribution in [-0.4, -0.2) is 41.4 Å². The standard InChI is InChI=1S/C15H28N4O/c1-5-6-12-7-8-19(10-12)13(9-16)14-11(2)17-18(3)15(14)20-4/h12-13H,5-10,16H2,1-4H3. The molecule has 114 valence electrons. The number of aromatic nitrogens is 2.